The summed E-state index contributed by atoms with van der Waals surface area (Å²) in [6.07, 6.45) is 2.13. The Bertz CT molecular complexity index is 934. The van der Waals surface area contributed by atoms with Gasteiger partial charge in [0.1, 0.15) is 17.5 Å². The summed E-state index contributed by atoms with van der Waals surface area (Å²) < 4.78 is 29.2. The monoisotopic (exact) mass is 371 g/mol. The molecular formula is C19H15F2N3OS. The fraction of sp³-hybridized carbons (Fsp3) is 0.211. The highest BCUT2D eigenvalue weighted by atomic mass is 32.2. The summed E-state index contributed by atoms with van der Waals surface area (Å²) in [5, 5.41) is 4.91. The van der Waals surface area contributed by atoms with E-state index in [1.807, 2.05) is 30.3 Å². The number of carbonyl (C=O) groups excluding carboxylic acids is 1. The van der Waals surface area contributed by atoms with Gasteiger partial charge in [-0.1, -0.05) is 36.0 Å². The first-order valence-corrected chi connectivity index (χ1v) is 9.24. The van der Waals surface area contributed by atoms with Crippen LogP contribution in [0.2, 0.25) is 0 Å². The molecule has 0 spiro atoms. The number of nitrogens with zero attached hydrogens (tertiary/aromatic N) is 3. The molecule has 1 aromatic heterocycles. The van der Waals surface area contributed by atoms with Crippen LogP contribution in [-0.2, 0) is 0 Å². The van der Waals surface area contributed by atoms with Gasteiger partial charge in [0, 0.05) is 5.92 Å². The van der Waals surface area contributed by atoms with Crippen molar-refractivity contribution in [3.8, 4) is 5.69 Å². The van der Waals surface area contributed by atoms with Crippen molar-refractivity contribution in [2.75, 3.05) is 5.75 Å². The summed E-state index contributed by atoms with van der Waals surface area (Å²) in [5.74, 6) is -1.20. The van der Waals surface area contributed by atoms with E-state index >= 15 is 0 Å². The third kappa shape index (κ3) is 3.39. The molecule has 0 atom stereocenters. The van der Waals surface area contributed by atoms with Crippen LogP contribution in [0.15, 0.2) is 53.7 Å². The van der Waals surface area contributed by atoms with E-state index in [9.17, 15) is 13.6 Å². The van der Waals surface area contributed by atoms with Crippen molar-refractivity contribution in [1.29, 1.82) is 0 Å². The Morgan fingerprint density at radius 2 is 1.77 bits per heavy atom. The lowest BCUT2D eigenvalue weighted by molar-refractivity contribution is 0.101. The maximum absolute atomic E-state index is 13.7. The van der Waals surface area contributed by atoms with Crippen molar-refractivity contribution in [1.82, 2.24) is 14.8 Å². The Hall–Kier alpha value is -2.54. The highest BCUT2D eigenvalue weighted by molar-refractivity contribution is 7.99. The minimum absolute atomic E-state index is 0.124. The Labute approximate surface area is 153 Å². The molecule has 7 heteroatoms. The lowest BCUT2D eigenvalue weighted by Gasteiger charge is -2.03. The summed E-state index contributed by atoms with van der Waals surface area (Å²) in [7, 11) is 0. The maximum atomic E-state index is 13.7. The Morgan fingerprint density at radius 1 is 1.08 bits per heavy atom. The third-order valence-electron chi connectivity index (χ3n) is 4.13. The Morgan fingerprint density at radius 3 is 2.42 bits per heavy atom. The number of para-hydroxylation sites is 1. The topological polar surface area (TPSA) is 47.8 Å². The quantitative estimate of drug-likeness (QED) is 0.476. The summed E-state index contributed by atoms with van der Waals surface area (Å²) in [5.41, 5.74) is 0.394. The van der Waals surface area contributed by atoms with Gasteiger partial charge in [-0.3, -0.25) is 4.79 Å². The zero-order valence-electron chi connectivity index (χ0n) is 13.7. The van der Waals surface area contributed by atoms with Gasteiger partial charge >= 0.3 is 0 Å². The number of ketones is 1. The first-order valence-electron chi connectivity index (χ1n) is 8.26. The van der Waals surface area contributed by atoms with Crippen LogP contribution in [0.25, 0.3) is 5.69 Å². The maximum Gasteiger partial charge on any atom is 0.209 e. The smallest absolute Gasteiger partial charge is 0.209 e. The van der Waals surface area contributed by atoms with Crippen LogP contribution in [0.3, 0.4) is 0 Å². The molecule has 3 aromatic rings. The number of halogens is 2. The van der Waals surface area contributed by atoms with Crippen molar-refractivity contribution in [3.63, 3.8) is 0 Å². The van der Waals surface area contributed by atoms with Gasteiger partial charge in [0.2, 0.25) is 5.16 Å². The lowest BCUT2D eigenvalue weighted by Crippen LogP contribution is -2.08. The third-order valence-corrected chi connectivity index (χ3v) is 4.97. The van der Waals surface area contributed by atoms with Gasteiger partial charge < -0.3 is 0 Å². The van der Waals surface area contributed by atoms with Crippen LogP contribution >= 0.6 is 11.8 Å². The number of rotatable bonds is 6. The predicted molar refractivity (Wildman–Crippen MR) is 94.7 cm³/mol. The first-order chi connectivity index (χ1) is 12.6. The lowest BCUT2D eigenvalue weighted by atomic mass is 10.1. The summed E-state index contributed by atoms with van der Waals surface area (Å²) >= 11 is 1.09. The minimum Gasteiger partial charge on any atom is -0.293 e. The highest BCUT2D eigenvalue weighted by Crippen LogP contribution is 2.40. The molecule has 4 rings (SSSR count). The van der Waals surface area contributed by atoms with E-state index in [1.54, 1.807) is 4.68 Å². The Balaban J connectivity index is 1.55. The van der Waals surface area contributed by atoms with Crippen LogP contribution in [0.5, 0.6) is 0 Å². The van der Waals surface area contributed by atoms with Crippen molar-refractivity contribution < 1.29 is 13.6 Å². The SMILES string of the molecule is O=C(CSc1nc(C2CC2)n(-c2ccccc2)n1)c1c(F)cccc1F. The number of carbonyl (C=O) groups is 1. The molecule has 4 nitrogen and oxygen atoms in total. The van der Waals surface area contributed by atoms with E-state index in [0.717, 1.165) is 48.2 Å². The largest absolute Gasteiger partial charge is 0.293 e. The molecule has 26 heavy (non-hydrogen) atoms. The molecule has 0 N–H and O–H groups in total. The van der Waals surface area contributed by atoms with E-state index in [-0.39, 0.29) is 5.75 Å². The van der Waals surface area contributed by atoms with E-state index in [2.05, 4.69) is 10.1 Å². The molecule has 1 heterocycles. The zero-order chi connectivity index (χ0) is 18.1. The molecule has 0 bridgehead atoms. The van der Waals surface area contributed by atoms with Crippen LogP contribution < -0.4 is 0 Å². The van der Waals surface area contributed by atoms with Crippen LogP contribution in [-0.4, -0.2) is 26.3 Å². The summed E-state index contributed by atoms with van der Waals surface area (Å²) in [4.78, 5) is 16.7. The van der Waals surface area contributed by atoms with Gasteiger partial charge in [0.25, 0.3) is 0 Å². The number of Topliss-reactive ketones (excluding diaryl/α,β-unsaturated/α-hetero) is 1. The predicted octanol–water partition coefficient (Wildman–Crippen LogP) is 4.40. The number of aromatic nitrogens is 3. The van der Waals surface area contributed by atoms with Crippen LogP contribution in [0, 0.1) is 11.6 Å². The number of thioether (sulfide) groups is 1. The number of hydrogen-bond donors (Lipinski definition) is 0. The second-order valence-corrected chi connectivity index (χ2v) is 7.03. The molecule has 1 fully saturated rings. The molecule has 132 valence electrons. The molecule has 0 saturated heterocycles. The van der Waals surface area contributed by atoms with Gasteiger partial charge in [-0.2, -0.15) is 0 Å². The molecule has 1 saturated carbocycles. The highest BCUT2D eigenvalue weighted by Gasteiger charge is 2.30. The molecule has 0 unspecified atom stereocenters. The summed E-state index contributed by atoms with van der Waals surface area (Å²) in [6.45, 7) is 0. The van der Waals surface area contributed by atoms with E-state index < -0.39 is 23.0 Å². The first kappa shape index (κ1) is 16.9. The van der Waals surface area contributed by atoms with E-state index in [0.29, 0.717) is 11.1 Å². The van der Waals surface area contributed by atoms with E-state index in [4.69, 9.17) is 0 Å². The fourth-order valence-electron chi connectivity index (χ4n) is 2.70. The van der Waals surface area contributed by atoms with Crippen molar-refractivity contribution >= 4 is 17.5 Å². The zero-order valence-corrected chi connectivity index (χ0v) is 14.5. The fourth-order valence-corrected chi connectivity index (χ4v) is 3.40. The molecule has 0 amide bonds. The molecular weight excluding hydrogens is 356 g/mol. The second-order valence-electron chi connectivity index (χ2n) is 6.08. The molecule has 0 radical (unpaired) electrons. The number of benzene rings is 2. The average Bonchev–Trinajstić information content (AvgIpc) is 3.40. The molecule has 1 aliphatic carbocycles. The van der Waals surface area contributed by atoms with Gasteiger partial charge in [0.15, 0.2) is 5.78 Å². The summed E-state index contributed by atoms with van der Waals surface area (Å²) in [6, 6.07) is 13.0. The molecule has 0 aliphatic heterocycles. The van der Waals surface area contributed by atoms with Gasteiger partial charge in [-0.15, -0.1) is 5.10 Å². The van der Waals surface area contributed by atoms with Gasteiger partial charge in [-0.25, -0.2) is 18.4 Å². The van der Waals surface area contributed by atoms with Crippen molar-refractivity contribution in [2.45, 2.75) is 23.9 Å². The number of hydrogen-bond acceptors (Lipinski definition) is 4. The van der Waals surface area contributed by atoms with Crippen LogP contribution in [0.4, 0.5) is 8.78 Å². The van der Waals surface area contributed by atoms with E-state index in [1.165, 1.54) is 6.07 Å². The second kappa shape index (κ2) is 6.99. The minimum atomic E-state index is -0.850. The van der Waals surface area contributed by atoms with Gasteiger partial charge in [-0.05, 0) is 37.1 Å². The van der Waals surface area contributed by atoms with Crippen LogP contribution in [0.1, 0.15) is 34.9 Å². The van der Waals surface area contributed by atoms with Gasteiger partial charge in [0.05, 0.1) is 17.0 Å². The average molecular weight is 371 g/mol. The molecule has 1 aliphatic rings. The normalized spacial score (nSPS) is 13.8. The standard InChI is InChI=1S/C19H15F2N3OS/c20-14-7-4-8-15(21)17(14)16(25)11-26-19-22-18(12-9-10-12)24(23-19)13-5-2-1-3-6-13/h1-8,12H,9-11H2. The van der Waals surface area contributed by atoms with Crippen molar-refractivity contribution in [2.24, 2.45) is 0 Å². The van der Waals surface area contributed by atoms with Crippen molar-refractivity contribution in [3.05, 3.63) is 71.6 Å². The molecule has 2 aromatic carbocycles. The Kier molecular flexibility index (Phi) is 4.55.